The van der Waals surface area contributed by atoms with Gasteiger partial charge in [-0.3, -0.25) is 4.48 Å². The first-order valence-electron chi connectivity index (χ1n) is 6.56. The van der Waals surface area contributed by atoms with Gasteiger partial charge in [0.15, 0.2) is 0 Å². The molecule has 3 nitrogen and oxygen atoms in total. The van der Waals surface area contributed by atoms with Crippen molar-refractivity contribution in [2.75, 3.05) is 11.4 Å². The lowest BCUT2D eigenvalue weighted by Crippen LogP contribution is -2.56. The lowest BCUT2D eigenvalue weighted by atomic mass is 9.86. The van der Waals surface area contributed by atoms with E-state index in [2.05, 4.69) is 59.9 Å². The first-order chi connectivity index (χ1) is 8.75. The van der Waals surface area contributed by atoms with E-state index in [0.717, 1.165) is 6.54 Å². The van der Waals surface area contributed by atoms with Crippen LogP contribution >= 0.6 is 0 Å². The Kier molecular flexibility index (Phi) is 1.94. The summed E-state index contributed by atoms with van der Waals surface area (Å²) < 4.78 is 4.45. The van der Waals surface area contributed by atoms with E-state index in [-0.39, 0.29) is 0 Å². The van der Waals surface area contributed by atoms with Crippen molar-refractivity contribution in [3.8, 4) is 11.4 Å². The van der Waals surface area contributed by atoms with Crippen molar-refractivity contribution in [2.24, 2.45) is 7.05 Å². The van der Waals surface area contributed by atoms with Gasteiger partial charge >= 0.3 is 7.55 Å². The minimum Gasteiger partial charge on any atom is -0.375 e. The molecule has 1 radical (unpaired) electrons. The van der Waals surface area contributed by atoms with Crippen molar-refractivity contribution in [3.63, 3.8) is 0 Å². The predicted molar refractivity (Wildman–Crippen MR) is 72.6 cm³/mol. The van der Waals surface area contributed by atoms with Gasteiger partial charge in [-0.05, 0) is 30.9 Å². The molecule has 2 aliphatic heterocycles. The number of hydrogen-bond donors (Lipinski definition) is 0. The van der Waals surface area contributed by atoms with Gasteiger partial charge in [0.25, 0.3) is 5.82 Å². The standard InChI is InChI=1S/C14H16BN3/c1-10-5-6-11-4-3-7-17-13(11)12(10)14-16(2)8-9-18(14)15-17/h5-6,8-9H,3-4,7H2,1-2H3/q+1. The minimum atomic E-state index is 1.13. The summed E-state index contributed by atoms with van der Waals surface area (Å²) in [6, 6.07) is 4.56. The molecule has 0 spiro atoms. The maximum atomic E-state index is 2.41. The fourth-order valence-electron chi connectivity index (χ4n) is 3.26. The van der Waals surface area contributed by atoms with Crippen molar-refractivity contribution in [3.05, 3.63) is 35.7 Å². The zero-order valence-electron chi connectivity index (χ0n) is 10.8. The second-order valence-electron chi connectivity index (χ2n) is 5.32. The van der Waals surface area contributed by atoms with Crippen LogP contribution in [0.1, 0.15) is 17.5 Å². The lowest BCUT2D eigenvalue weighted by Gasteiger charge is -2.34. The van der Waals surface area contributed by atoms with Crippen LogP contribution in [0.15, 0.2) is 24.5 Å². The second kappa shape index (κ2) is 3.41. The number of fused-ring (bicyclic) bond motifs is 2. The SMILES string of the molecule is Cc1ccc2c3c1-c1n(C)cc[n+]1[B]N3CCC2. The van der Waals surface area contributed by atoms with Gasteiger partial charge in [-0.2, -0.15) is 0 Å². The van der Waals surface area contributed by atoms with Gasteiger partial charge in [-0.15, -0.1) is 0 Å². The second-order valence-corrected chi connectivity index (χ2v) is 5.32. The summed E-state index contributed by atoms with van der Waals surface area (Å²) in [5.41, 5.74) is 5.69. The molecule has 0 saturated heterocycles. The van der Waals surface area contributed by atoms with Crippen molar-refractivity contribution >= 4 is 13.2 Å². The Morgan fingerprint density at radius 2 is 2.22 bits per heavy atom. The smallest absolute Gasteiger partial charge is 0.375 e. The van der Waals surface area contributed by atoms with E-state index in [4.69, 9.17) is 0 Å². The average Bonchev–Trinajstić information content (AvgIpc) is 2.74. The molecule has 1 aromatic heterocycles. The molecular weight excluding hydrogens is 221 g/mol. The Bertz CT molecular complexity index is 645. The van der Waals surface area contributed by atoms with Gasteiger partial charge < -0.3 is 4.81 Å². The zero-order valence-corrected chi connectivity index (χ0v) is 10.8. The molecular formula is C14H16BN3+. The molecule has 0 unspecified atom stereocenters. The summed E-state index contributed by atoms with van der Waals surface area (Å²) in [4.78, 5) is 2.41. The highest BCUT2D eigenvalue weighted by Gasteiger charge is 2.36. The van der Waals surface area contributed by atoms with Gasteiger partial charge in [0, 0.05) is 12.2 Å². The molecule has 0 aliphatic carbocycles. The normalized spacial score (nSPS) is 16.0. The molecule has 3 heterocycles. The monoisotopic (exact) mass is 237 g/mol. The molecule has 0 amide bonds. The number of aromatic nitrogens is 2. The van der Waals surface area contributed by atoms with Crippen LogP contribution in [-0.4, -0.2) is 18.7 Å². The molecule has 0 bridgehead atoms. The quantitative estimate of drug-likeness (QED) is 0.631. The number of nitrogens with zero attached hydrogens (tertiary/aromatic N) is 3. The van der Waals surface area contributed by atoms with E-state index >= 15 is 0 Å². The third-order valence-corrected chi connectivity index (χ3v) is 4.12. The molecule has 89 valence electrons. The largest absolute Gasteiger partial charge is 0.547 e. The highest BCUT2D eigenvalue weighted by molar-refractivity contribution is 6.34. The van der Waals surface area contributed by atoms with Crippen LogP contribution < -0.4 is 9.29 Å². The first-order valence-corrected chi connectivity index (χ1v) is 6.56. The van der Waals surface area contributed by atoms with Crippen LogP contribution in [0.4, 0.5) is 5.69 Å². The van der Waals surface area contributed by atoms with Gasteiger partial charge in [0.2, 0.25) is 0 Å². The molecule has 0 N–H and O–H groups in total. The first kappa shape index (κ1) is 10.2. The number of rotatable bonds is 0. The van der Waals surface area contributed by atoms with Crippen molar-refractivity contribution in [2.45, 2.75) is 19.8 Å². The molecule has 1 aromatic carbocycles. The number of aryl methyl sites for hydroxylation is 3. The highest BCUT2D eigenvalue weighted by Crippen LogP contribution is 2.39. The Morgan fingerprint density at radius 3 is 3.11 bits per heavy atom. The Balaban J connectivity index is 2.10. The molecule has 0 saturated carbocycles. The van der Waals surface area contributed by atoms with Gasteiger partial charge in [0.1, 0.15) is 12.4 Å². The third-order valence-electron chi connectivity index (χ3n) is 4.12. The minimum absolute atomic E-state index is 1.13. The summed E-state index contributed by atoms with van der Waals surface area (Å²) in [6.45, 7) is 3.34. The number of anilines is 1. The third kappa shape index (κ3) is 1.18. The molecule has 2 aliphatic rings. The van der Waals surface area contributed by atoms with E-state index in [1.165, 1.54) is 41.0 Å². The summed E-state index contributed by atoms with van der Waals surface area (Å²) in [5.74, 6) is 1.29. The molecule has 4 rings (SSSR count). The highest BCUT2D eigenvalue weighted by atomic mass is 15.2. The molecule has 18 heavy (non-hydrogen) atoms. The maximum Gasteiger partial charge on any atom is 0.547 e. The lowest BCUT2D eigenvalue weighted by molar-refractivity contribution is -0.517. The Hall–Kier alpha value is -1.71. The van der Waals surface area contributed by atoms with Crippen LogP contribution in [0, 0.1) is 6.92 Å². The van der Waals surface area contributed by atoms with Crippen LogP contribution in [0.3, 0.4) is 0 Å². The number of hydrogen-bond acceptors (Lipinski definition) is 1. The topological polar surface area (TPSA) is 12.0 Å². The molecule has 4 heteroatoms. The van der Waals surface area contributed by atoms with Gasteiger partial charge in [-0.1, -0.05) is 12.1 Å². The van der Waals surface area contributed by atoms with Crippen LogP contribution in [0.5, 0.6) is 0 Å². The van der Waals surface area contributed by atoms with Crippen molar-refractivity contribution < 1.29 is 4.48 Å². The Labute approximate surface area is 108 Å². The fourth-order valence-corrected chi connectivity index (χ4v) is 3.26. The van der Waals surface area contributed by atoms with Crippen molar-refractivity contribution in [1.82, 2.24) is 4.57 Å². The predicted octanol–water partition coefficient (Wildman–Crippen LogP) is 1.44. The number of benzene rings is 1. The summed E-state index contributed by atoms with van der Waals surface area (Å²) in [6.07, 6.45) is 6.72. The fraction of sp³-hybridized carbons (Fsp3) is 0.357. The van der Waals surface area contributed by atoms with Crippen molar-refractivity contribution in [1.29, 1.82) is 0 Å². The van der Waals surface area contributed by atoms with Crippen LogP contribution in [-0.2, 0) is 13.5 Å². The zero-order chi connectivity index (χ0) is 12.3. The molecule has 0 fully saturated rings. The van der Waals surface area contributed by atoms with E-state index < -0.39 is 0 Å². The van der Waals surface area contributed by atoms with Crippen LogP contribution in [0.2, 0.25) is 0 Å². The van der Waals surface area contributed by atoms with Gasteiger partial charge in [0.05, 0.1) is 12.6 Å². The van der Waals surface area contributed by atoms with E-state index in [1.54, 1.807) is 0 Å². The van der Waals surface area contributed by atoms with E-state index in [0.29, 0.717) is 0 Å². The van der Waals surface area contributed by atoms with E-state index in [9.17, 15) is 0 Å². The molecule has 0 atom stereocenters. The van der Waals surface area contributed by atoms with E-state index in [1.807, 2.05) is 0 Å². The maximum absolute atomic E-state index is 2.41. The average molecular weight is 237 g/mol. The summed E-state index contributed by atoms with van der Waals surface area (Å²) in [5, 5.41) is 0. The number of imidazole rings is 1. The van der Waals surface area contributed by atoms with Gasteiger partial charge in [-0.25, -0.2) is 4.57 Å². The molecule has 2 aromatic rings. The Morgan fingerprint density at radius 1 is 1.33 bits per heavy atom. The summed E-state index contributed by atoms with van der Waals surface area (Å²) >= 11 is 0. The summed E-state index contributed by atoms with van der Waals surface area (Å²) in [7, 11) is 4.36. The van der Waals surface area contributed by atoms with Crippen LogP contribution in [0.25, 0.3) is 11.4 Å².